The number of sulfonamides is 1. The van der Waals surface area contributed by atoms with Crippen LogP contribution in [0.15, 0.2) is 70.3 Å². The Morgan fingerprint density at radius 3 is 2.23 bits per heavy atom. The maximum atomic E-state index is 12.2. The van der Waals surface area contributed by atoms with E-state index in [9.17, 15) is 28.1 Å². The second-order valence-electron chi connectivity index (χ2n) is 6.04. The molecule has 10 nitrogen and oxygen atoms in total. The number of non-ortho nitro benzene ring substituents is 1. The Hall–Kier alpha value is -3.77. The van der Waals surface area contributed by atoms with E-state index in [1.54, 1.807) is 11.4 Å². The van der Waals surface area contributed by atoms with Gasteiger partial charge >= 0.3 is 5.97 Å². The van der Waals surface area contributed by atoms with Crippen molar-refractivity contribution in [2.24, 2.45) is 0 Å². The lowest BCUT2D eigenvalue weighted by atomic mass is 10.2. The molecule has 3 aromatic rings. The zero-order valence-corrected chi connectivity index (χ0v) is 17.3. The summed E-state index contributed by atoms with van der Waals surface area (Å²) in [6.07, 6.45) is 0. The van der Waals surface area contributed by atoms with Gasteiger partial charge in [0.15, 0.2) is 6.61 Å². The average molecular weight is 461 g/mol. The van der Waals surface area contributed by atoms with Crippen LogP contribution < -0.4 is 10.0 Å². The molecular weight excluding hydrogens is 446 g/mol. The van der Waals surface area contributed by atoms with Crippen molar-refractivity contribution in [3.63, 3.8) is 0 Å². The zero-order valence-electron chi connectivity index (χ0n) is 15.7. The molecule has 0 unspecified atom stereocenters. The van der Waals surface area contributed by atoms with E-state index in [4.69, 9.17) is 4.74 Å². The van der Waals surface area contributed by atoms with Gasteiger partial charge in [0.25, 0.3) is 21.6 Å². The Morgan fingerprint density at radius 2 is 1.65 bits per heavy atom. The Bertz CT molecular complexity index is 1190. The van der Waals surface area contributed by atoms with E-state index < -0.39 is 33.4 Å². The van der Waals surface area contributed by atoms with Gasteiger partial charge in [0, 0.05) is 23.5 Å². The number of ether oxygens (including phenoxy) is 1. The first-order valence-corrected chi connectivity index (χ1v) is 11.0. The van der Waals surface area contributed by atoms with E-state index in [1.807, 2.05) is 0 Å². The Balaban J connectivity index is 1.52. The lowest BCUT2D eigenvalue weighted by Crippen LogP contribution is -2.21. The number of nitro groups is 1. The summed E-state index contributed by atoms with van der Waals surface area (Å²) in [6, 6.07) is 13.8. The summed E-state index contributed by atoms with van der Waals surface area (Å²) < 4.78 is 31.9. The van der Waals surface area contributed by atoms with Crippen molar-refractivity contribution in [3.8, 4) is 0 Å². The van der Waals surface area contributed by atoms with Gasteiger partial charge < -0.3 is 10.1 Å². The molecule has 0 saturated carbocycles. The van der Waals surface area contributed by atoms with Crippen molar-refractivity contribution in [2.75, 3.05) is 16.6 Å². The minimum Gasteiger partial charge on any atom is -0.452 e. The fourth-order valence-corrected chi connectivity index (χ4v) is 4.43. The van der Waals surface area contributed by atoms with Crippen LogP contribution in [0.2, 0.25) is 0 Å². The zero-order chi connectivity index (χ0) is 22.4. The third-order valence-corrected chi connectivity index (χ3v) is 6.61. The summed E-state index contributed by atoms with van der Waals surface area (Å²) in [4.78, 5) is 34.0. The van der Waals surface area contributed by atoms with Gasteiger partial charge in [-0.3, -0.25) is 19.6 Å². The molecule has 0 saturated heterocycles. The first kappa shape index (κ1) is 21.9. The number of carbonyl (C=O) groups is 2. The number of carbonyl (C=O) groups excluding carboxylic acids is 2. The number of esters is 1. The summed E-state index contributed by atoms with van der Waals surface area (Å²) in [6.45, 7) is -0.567. The number of nitrogens with zero attached hydrogens (tertiary/aromatic N) is 1. The molecule has 1 aromatic heterocycles. The topological polar surface area (TPSA) is 145 Å². The normalized spacial score (nSPS) is 10.8. The van der Waals surface area contributed by atoms with Gasteiger partial charge in [-0.1, -0.05) is 6.07 Å². The molecule has 1 heterocycles. The van der Waals surface area contributed by atoms with Crippen molar-refractivity contribution in [3.05, 3.63) is 81.7 Å². The predicted octanol–water partition coefficient (Wildman–Crippen LogP) is 3.25. The number of hydrogen-bond acceptors (Lipinski definition) is 8. The smallest absolute Gasteiger partial charge is 0.338 e. The number of rotatable bonds is 8. The molecule has 0 fully saturated rings. The summed E-state index contributed by atoms with van der Waals surface area (Å²) >= 11 is 1.08. The van der Waals surface area contributed by atoms with E-state index in [0.29, 0.717) is 5.69 Å². The SMILES string of the molecule is O=C(COC(=O)c1ccc(NS(=O)(=O)c2cccs2)cc1)Nc1ccc([N+](=O)[O-])cc1. The van der Waals surface area contributed by atoms with Gasteiger partial charge in [0.2, 0.25) is 0 Å². The molecule has 1 amide bonds. The summed E-state index contributed by atoms with van der Waals surface area (Å²) in [5.74, 6) is -1.39. The monoisotopic (exact) mass is 461 g/mol. The Labute approximate surface area is 180 Å². The van der Waals surface area contributed by atoms with Crippen LogP contribution in [-0.4, -0.2) is 31.8 Å². The fraction of sp³-hybridized carbons (Fsp3) is 0.0526. The molecule has 2 aromatic carbocycles. The molecule has 0 aliphatic rings. The summed E-state index contributed by atoms with van der Waals surface area (Å²) in [5.41, 5.74) is 0.586. The molecule has 12 heteroatoms. The van der Waals surface area contributed by atoms with Crippen molar-refractivity contribution in [1.82, 2.24) is 0 Å². The van der Waals surface area contributed by atoms with E-state index in [1.165, 1.54) is 54.6 Å². The maximum absolute atomic E-state index is 12.2. The molecular formula is C19H15N3O7S2. The summed E-state index contributed by atoms with van der Waals surface area (Å²) in [5, 5.41) is 14.7. The number of hydrogen-bond donors (Lipinski definition) is 2. The molecule has 0 bridgehead atoms. The number of benzene rings is 2. The third kappa shape index (κ3) is 5.87. The van der Waals surface area contributed by atoms with E-state index in [0.717, 1.165) is 11.3 Å². The highest BCUT2D eigenvalue weighted by Crippen LogP contribution is 2.20. The van der Waals surface area contributed by atoms with Crippen LogP contribution >= 0.6 is 11.3 Å². The van der Waals surface area contributed by atoms with Crippen molar-refractivity contribution >= 4 is 50.3 Å². The highest BCUT2D eigenvalue weighted by molar-refractivity contribution is 7.94. The molecule has 0 aliphatic heterocycles. The fourth-order valence-electron chi connectivity index (χ4n) is 2.37. The van der Waals surface area contributed by atoms with Crippen LogP contribution in [-0.2, 0) is 19.6 Å². The average Bonchev–Trinajstić information content (AvgIpc) is 3.29. The quantitative estimate of drug-likeness (QED) is 0.297. The van der Waals surface area contributed by atoms with Crippen LogP contribution in [0.5, 0.6) is 0 Å². The minimum atomic E-state index is -3.70. The predicted molar refractivity (Wildman–Crippen MR) is 114 cm³/mol. The maximum Gasteiger partial charge on any atom is 0.338 e. The van der Waals surface area contributed by atoms with Crippen molar-refractivity contribution < 1.29 is 27.7 Å². The van der Waals surface area contributed by atoms with Gasteiger partial charge in [0.05, 0.1) is 10.5 Å². The number of amides is 1. The number of anilines is 2. The molecule has 0 atom stereocenters. The van der Waals surface area contributed by atoms with Gasteiger partial charge in [-0.25, -0.2) is 13.2 Å². The highest BCUT2D eigenvalue weighted by Gasteiger charge is 2.16. The number of nitrogens with one attached hydrogen (secondary N) is 2. The summed E-state index contributed by atoms with van der Waals surface area (Å²) in [7, 11) is -3.70. The van der Waals surface area contributed by atoms with Gasteiger partial charge in [-0.05, 0) is 47.8 Å². The standard InChI is InChI=1S/C19H15N3O7S2/c23-17(20-14-7-9-16(10-8-14)22(25)26)12-29-19(24)13-3-5-15(6-4-13)21-31(27,28)18-2-1-11-30-18/h1-11,21H,12H2,(H,20,23). The van der Waals surface area contributed by atoms with E-state index >= 15 is 0 Å². The first-order chi connectivity index (χ1) is 14.7. The van der Waals surface area contributed by atoms with Gasteiger partial charge in [0.1, 0.15) is 4.21 Å². The Morgan fingerprint density at radius 1 is 1.00 bits per heavy atom. The van der Waals surface area contributed by atoms with Gasteiger partial charge in [-0.2, -0.15) is 0 Å². The number of nitro benzene ring substituents is 1. The lowest BCUT2D eigenvalue weighted by Gasteiger charge is -2.08. The Kier molecular flexibility index (Phi) is 6.62. The van der Waals surface area contributed by atoms with Crippen molar-refractivity contribution in [1.29, 1.82) is 0 Å². The lowest BCUT2D eigenvalue weighted by molar-refractivity contribution is -0.384. The second-order valence-corrected chi connectivity index (χ2v) is 8.90. The number of thiophene rings is 1. The molecule has 31 heavy (non-hydrogen) atoms. The van der Waals surface area contributed by atoms with E-state index in [2.05, 4.69) is 10.0 Å². The van der Waals surface area contributed by atoms with Crippen molar-refractivity contribution in [2.45, 2.75) is 4.21 Å². The largest absolute Gasteiger partial charge is 0.452 e. The van der Waals surface area contributed by atoms with Crippen LogP contribution in [0.3, 0.4) is 0 Å². The van der Waals surface area contributed by atoms with E-state index in [-0.39, 0.29) is 21.1 Å². The van der Waals surface area contributed by atoms with Crippen LogP contribution in [0.25, 0.3) is 0 Å². The molecule has 3 rings (SSSR count). The molecule has 0 spiro atoms. The molecule has 0 aliphatic carbocycles. The minimum absolute atomic E-state index is 0.120. The molecule has 2 N–H and O–H groups in total. The first-order valence-electron chi connectivity index (χ1n) is 8.62. The third-order valence-electron chi connectivity index (χ3n) is 3.83. The second kappa shape index (κ2) is 9.36. The van der Waals surface area contributed by atoms with Gasteiger partial charge in [-0.15, -0.1) is 11.3 Å². The van der Waals surface area contributed by atoms with Crippen LogP contribution in [0, 0.1) is 10.1 Å². The van der Waals surface area contributed by atoms with Crippen LogP contribution in [0.1, 0.15) is 10.4 Å². The highest BCUT2D eigenvalue weighted by atomic mass is 32.2. The molecule has 0 radical (unpaired) electrons. The van der Waals surface area contributed by atoms with Crippen LogP contribution in [0.4, 0.5) is 17.1 Å². The molecule has 160 valence electrons.